The molecular weight excluding hydrogens is 252 g/mol. The average molecular weight is 287 g/mol. The Kier molecular flexibility index (Phi) is 5.68. The summed E-state index contributed by atoms with van der Waals surface area (Å²) in [6.45, 7) is 16.8. The number of hydrogen-bond acceptors (Lipinski definition) is 2. The second-order valence-electron chi connectivity index (χ2n) is 8.17. The van der Waals surface area contributed by atoms with Crippen molar-refractivity contribution in [1.82, 2.24) is 0 Å². The van der Waals surface area contributed by atoms with Crippen molar-refractivity contribution < 1.29 is 9.53 Å². The minimum absolute atomic E-state index is 0.103. The number of aliphatic hydroxyl groups excluding tert-OH is 1. The molecule has 1 fully saturated rings. The van der Waals surface area contributed by atoms with E-state index in [0.717, 1.165) is 19.4 Å². The molecule has 1 aliphatic carbocycles. The van der Waals surface area contributed by atoms with Gasteiger partial charge in [0.25, 0.3) is 0 Å². The van der Waals surface area contributed by atoms with E-state index in [-0.39, 0.29) is 11.1 Å². The van der Waals surface area contributed by atoms with Crippen molar-refractivity contribution in [2.24, 2.45) is 17.8 Å². The average Bonchev–Trinajstić information content (AvgIpc) is 2.28. The van der Waals surface area contributed by atoms with Crippen LogP contribution in [-0.4, -0.2) is 26.1 Å². The van der Waals surface area contributed by atoms with Gasteiger partial charge in [-0.25, -0.2) is 0 Å². The topological polar surface area (TPSA) is 29.5 Å². The first-order valence-electron chi connectivity index (χ1n) is 7.86. The lowest BCUT2D eigenvalue weighted by molar-refractivity contribution is 0.0298. The molecular formula is C16H34O2Si. The fourth-order valence-electron chi connectivity index (χ4n) is 2.54. The van der Waals surface area contributed by atoms with Crippen LogP contribution in [0, 0.1) is 17.8 Å². The second kappa shape index (κ2) is 6.27. The van der Waals surface area contributed by atoms with Gasteiger partial charge in [0.2, 0.25) is 0 Å². The highest BCUT2D eigenvalue weighted by atomic mass is 28.4. The Balaban J connectivity index is 2.46. The molecule has 1 N–H and O–H groups in total. The molecule has 0 spiro atoms. The van der Waals surface area contributed by atoms with Crippen molar-refractivity contribution in [1.29, 1.82) is 0 Å². The van der Waals surface area contributed by atoms with Crippen LogP contribution in [0.2, 0.25) is 18.1 Å². The monoisotopic (exact) mass is 286 g/mol. The molecule has 2 nitrogen and oxygen atoms in total. The molecule has 0 heterocycles. The normalized spacial score (nSPS) is 31.3. The van der Waals surface area contributed by atoms with Crippen LogP contribution in [0.15, 0.2) is 0 Å². The molecule has 0 saturated heterocycles. The van der Waals surface area contributed by atoms with Crippen molar-refractivity contribution in [2.75, 3.05) is 6.61 Å². The van der Waals surface area contributed by atoms with E-state index < -0.39 is 8.32 Å². The Hall–Kier alpha value is 0.137. The van der Waals surface area contributed by atoms with E-state index in [4.69, 9.17) is 4.43 Å². The third kappa shape index (κ3) is 4.57. The zero-order chi connectivity index (χ0) is 14.8. The fraction of sp³-hybridized carbons (Fsp3) is 1.00. The van der Waals surface area contributed by atoms with Gasteiger partial charge in [-0.2, -0.15) is 0 Å². The van der Waals surface area contributed by atoms with Gasteiger partial charge in [-0.3, -0.25) is 0 Å². The predicted molar refractivity (Wildman–Crippen MR) is 84.8 cm³/mol. The van der Waals surface area contributed by atoms with Crippen molar-refractivity contribution in [3.8, 4) is 0 Å². The Morgan fingerprint density at radius 2 is 1.84 bits per heavy atom. The predicted octanol–water partition coefficient (Wildman–Crippen LogP) is 4.44. The van der Waals surface area contributed by atoms with Crippen molar-refractivity contribution >= 4 is 8.32 Å². The number of rotatable bonds is 4. The maximum Gasteiger partial charge on any atom is 0.191 e. The van der Waals surface area contributed by atoms with Crippen molar-refractivity contribution in [3.05, 3.63) is 0 Å². The minimum Gasteiger partial charge on any atom is -0.417 e. The molecule has 0 radical (unpaired) electrons. The molecule has 1 saturated carbocycles. The van der Waals surface area contributed by atoms with Crippen LogP contribution in [0.1, 0.15) is 53.9 Å². The van der Waals surface area contributed by atoms with E-state index in [0.29, 0.717) is 17.8 Å². The second-order valence-corrected chi connectivity index (χ2v) is 13.0. The summed E-state index contributed by atoms with van der Waals surface area (Å²) < 4.78 is 6.33. The van der Waals surface area contributed by atoms with Gasteiger partial charge in [0, 0.05) is 6.61 Å². The summed E-state index contributed by atoms with van der Waals surface area (Å²) in [5.41, 5.74) is 0. The smallest absolute Gasteiger partial charge is 0.191 e. The van der Waals surface area contributed by atoms with Gasteiger partial charge in [0.15, 0.2) is 8.32 Å². The van der Waals surface area contributed by atoms with Gasteiger partial charge in [-0.1, -0.05) is 34.6 Å². The zero-order valence-electron chi connectivity index (χ0n) is 14.0. The zero-order valence-corrected chi connectivity index (χ0v) is 15.0. The molecule has 4 unspecified atom stereocenters. The Morgan fingerprint density at radius 3 is 2.32 bits per heavy atom. The van der Waals surface area contributed by atoms with E-state index in [1.807, 2.05) is 0 Å². The Bertz CT molecular complexity index is 283. The summed E-state index contributed by atoms with van der Waals surface area (Å²) in [4.78, 5) is 0. The summed E-state index contributed by atoms with van der Waals surface area (Å²) in [6.07, 6.45) is 3.27. The van der Waals surface area contributed by atoms with Gasteiger partial charge in [-0.05, 0) is 55.1 Å². The molecule has 114 valence electrons. The van der Waals surface area contributed by atoms with Crippen LogP contribution in [0.3, 0.4) is 0 Å². The van der Waals surface area contributed by atoms with Gasteiger partial charge < -0.3 is 9.53 Å². The third-order valence-corrected chi connectivity index (χ3v) is 10.0. The minimum atomic E-state index is -1.62. The van der Waals surface area contributed by atoms with E-state index in [2.05, 4.69) is 47.7 Å². The Morgan fingerprint density at radius 1 is 1.26 bits per heavy atom. The van der Waals surface area contributed by atoms with Crippen LogP contribution in [-0.2, 0) is 4.43 Å². The Labute approximate surface area is 121 Å². The summed E-state index contributed by atoms with van der Waals surface area (Å²) in [6, 6.07) is 0. The highest BCUT2D eigenvalue weighted by molar-refractivity contribution is 6.74. The highest BCUT2D eigenvalue weighted by Crippen LogP contribution is 2.38. The summed E-state index contributed by atoms with van der Waals surface area (Å²) in [5, 5.41) is 10.3. The lowest BCUT2D eigenvalue weighted by Gasteiger charge is -2.39. The van der Waals surface area contributed by atoms with Crippen LogP contribution in [0.25, 0.3) is 0 Å². The first-order valence-corrected chi connectivity index (χ1v) is 10.8. The van der Waals surface area contributed by atoms with E-state index >= 15 is 0 Å². The summed E-state index contributed by atoms with van der Waals surface area (Å²) in [5.74, 6) is 1.68. The quantitative estimate of drug-likeness (QED) is 0.774. The van der Waals surface area contributed by atoms with Gasteiger partial charge in [0.05, 0.1) is 6.10 Å². The number of hydrogen-bond donors (Lipinski definition) is 1. The fourth-order valence-corrected chi connectivity index (χ4v) is 3.65. The standard InChI is InChI=1S/C16H34O2Si/c1-12-8-9-14(10-15(12)17)13(2)11-18-19(6,7)16(3,4)5/h12-15,17H,8-11H2,1-7H3. The van der Waals surface area contributed by atoms with Gasteiger partial charge in [0.1, 0.15) is 0 Å². The largest absolute Gasteiger partial charge is 0.417 e. The highest BCUT2D eigenvalue weighted by Gasteiger charge is 2.38. The first-order chi connectivity index (χ1) is 8.54. The lowest BCUT2D eigenvalue weighted by atomic mass is 9.75. The maximum absolute atomic E-state index is 10.0. The molecule has 0 amide bonds. The third-order valence-electron chi connectivity index (χ3n) is 5.51. The van der Waals surface area contributed by atoms with E-state index in [1.165, 1.54) is 6.42 Å². The molecule has 4 atom stereocenters. The van der Waals surface area contributed by atoms with E-state index in [9.17, 15) is 5.11 Å². The molecule has 0 aromatic rings. The van der Waals surface area contributed by atoms with Crippen molar-refractivity contribution in [2.45, 2.75) is 78.1 Å². The first kappa shape index (κ1) is 17.2. The van der Waals surface area contributed by atoms with Crippen LogP contribution >= 0.6 is 0 Å². The van der Waals surface area contributed by atoms with Crippen LogP contribution < -0.4 is 0 Å². The molecule has 3 heteroatoms. The maximum atomic E-state index is 10.0. The molecule has 1 rings (SSSR count). The number of aliphatic hydroxyl groups is 1. The molecule has 0 bridgehead atoms. The summed E-state index contributed by atoms with van der Waals surface area (Å²) in [7, 11) is -1.62. The molecule has 0 aromatic heterocycles. The SMILES string of the molecule is CC1CCC(C(C)CO[Si](C)(C)C(C)(C)C)CC1O. The molecule has 0 aromatic carbocycles. The lowest BCUT2D eigenvalue weighted by Crippen LogP contribution is -2.42. The molecule has 19 heavy (non-hydrogen) atoms. The van der Waals surface area contributed by atoms with Crippen molar-refractivity contribution in [3.63, 3.8) is 0 Å². The van der Waals surface area contributed by atoms with Crippen LogP contribution in [0.5, 0.6) is 0 Å². The molecule has 1 aliphatic rings. The van der Waals surface area contributed by atoms with Crippen LogP contribution in [0.4, 0.5) is 0 Å². The van der Waals surface area contributed by atoms with E-state index in [1.54, 1.807) is 0 Å². The summed E-state index contributed by atoms with van der Waals surface area (Å²) >= 11 is 0. The van der Waals surface area contributed by atoms with Gasteiger partial charge >= 0.3 is 0 Å². The van der Waals surface area contributed by atoms with Gasteiger partial charge in [-0.15, -0.1) is 0 Å². The molecule has 0 aliphatic heterocycles.